The molecule has 10 nitrogen and oxygen atoms in total. The lowest BCUT2D eigenvalue weighted by Gasteiger charge is -2.26. The van der Waals surface area contributed by atoms with E-state index < -0.39 is 22.7 Å². The number of nitrogens with one attached hydrogen (secondary N) is 3. The van der Waals surface area contributed by atoms with E-state index in [4.69, 9.17) is 5.73 Å². The van der Waals surface area contributed by atoms with Crippen molar-refractivity contribution in [1.29, 1.82) is 0 Å². The Morgan fingerprint density at radius 3 is 2.59 bits per heavy atom. The van der Waals surface area contributed by atoms with Crippen LogP contribution in [0.5, 0.6) is 0 Å². The third-order valence-corrected chi connectivity index (χ3v) is 5.14. The molecule has 1 fully saturated rings. The molecule has 0 saturated heterocycles. The molecule has 2 aromatic rings. The first-order valence-electron chi connectivity index (χ1n) is 8.58. The van der Waals surface area contributed by atoms with Crippen molar-refractivity contribution in [2.24, 2.45) is 0 Å². The molecule has 2 heterocycles. The zero-order valence-electron chi connectivity index (χ0n) is 14.5. The average Bonchev–Trinajstić information content (AvgIpc) is 2.59. The highest BCUT2D eigenvalue weighted by Crippen LogP contribution is 2.28. The molecule has 0 aromatic carbocycles. The first kappa shape index (κ1) is 19.0. The van der Waals surface area contributed by atoms with E-state index >= 15 is 0 Å². The molecule has 0 spiro atoms. The lowest BCUT2D eigenvalue weighted by molar-refractivity contribution is -0.113. The van der Waals surface area contributed by atoms with Crippen molar-refractivity contribution >= 4 is 29.3 Å². The van der Waals surface area contributed by atoms with Gasteiger partial charge in [0.2, 0.25) is 5.91 Å². The second-order valence-corrected chi connectivity index (χ2v) is 7.26. The van der Waals surface area contributed by atoms with Crippen LogP contribution in [0.4, 0.5) is 11.6 Å². The van der Waals surface area contributed by atoms with Gasteiger partial charge in [-0.05, 0) is 12.8 Å². The van der Waals surface area contributed by atoms with Crippen LogP contribution in [-0.2, 0) is 4.79 Å². The van der Waals surface area contributed by atoms with Gasteiger partial charge in [0, 0.05) is 18.2 Å². The Morgan fingerprint density at radius 1 is 1.19 bits per heavy atom. The molecule has 3 rings (SSSR count). The van der Waals surface area contributed by atoms with Crippen LogP contribution in [0.3, 0.4) is 0 Å². The molecule has 5 N–H and O–H groups in total. The van der Waals surface area contributed by atoms with E-state index in [0.29, 0.717) is 0 Å². The fourth-order valence-corrected chi connectivity index (χ4v) is 3.82. The van der Waals surface area contributed by atoms with Crippen molar-refractivity contribution < 1.29 is 4.79 Å². The van der Waals surface area contributed by atoms with Gasteiger partial charge in [0.15, 0.2) is 5.16 Å². The van der Waals surface area contributed by atoms with Crippen LogP contribution in [0, 0.1) is 0 Å². The predicted molar refractivity (Wildman–Crippen MR) is 102 cm³/mol. The second kappa shape index (κ2) is 8.25. The number of thioether (sulfide) groups is 1. The number of hydrogen-bond acceptors (Lipinski definition) is 7. The number of aromatic amines is 2. The normalized spacial score (nSPS) is 14.8. The highest BCUT2D eigenvalue weighted by molar-refractivity contribution is 7.99. The summed E-state index contributed by atoms with van der Waals surface area (Å²) in [6.45, 7) is 0. The number of amides is 1. The first-order valence-corrected chi connectivity index (χ1v) is 9.56. The number of rotatable bonds is 5. The summed E-state index contributed by atoms with van der Waals surface area (Å²) in [6.07, 6.45) is 4.73. The molecule has 1 saturated carbocycles. The number of nitrogens with zero attached hydrogens (tertiary/aromatic N) is 2. The minimum Gasteiger partial charge on any atom is -0.383 e. The van der Waals surface area contributed by atoms with Crippen LogP contribution in [0.1, 0.15) is 38.1 Å². The predicted octanol–water partition coefficient (Wildman–Crippen LogP) is 0.438. The van der Waals surface area contributed by atoms with Crippen molar-refractivity contribution in [2.75, 3.05) is 16.8 Å². The maximum atomic E-state index is 12.3. The summed E-state index contributed by atoms with van der Waals surface area (Å²) in [5.74, 6) is -0.268. The van der Waals surface area contributed by atoms with Crippen LogP contribution < -0.4 is 27.9 Å². The van der Waals surface area contributed by atoms with E-state index in [2.05, 4.69) is 20.3 Å². The summed E-state index contributed by atoms with van der Waals surface area (Å²) in [6, 6.07) is 2.29. The van der Waals surface area contributed by atoms with Crippen LogP contribution in [0.25, 0.3) is 0 Å². The van der Waals surface area contributed by atoms with Crippen molar-refractivity contribution in [2.45, 2.75) is 43.3 Å². The van der Waals surface area contributed by atoms with Crippen LogP contribution >= 0.6 is 11.8 Å². The number of H-pyrrole nitrogens is 2. The van der Waals surface area contributed by atoms with Gasteiger partial charge in [0.25, 0.3) is 11.1 Å². The molecule has 0 radical (unpaired) electrons. The van der Waals surface area contributed by atoms with E-state index in [1.54, 1.807) is 0 Å². The largest absolute Gasteiger partial charge is 0.383 e. The molecular weight excluding hydrogens is 372 g/mol. The lowest BCUT2D eigenvalue weighted by atomic mass is 9.95. The number of nitrogens with two attached hydrogens (primary N) is 1. The number of carbonyl (C=O) groups excluding carboxylic acids is 1. The van der Waals surface area contributed by atoms with Crippen molar-refractivity contribution in [3.05, 3.63) is 43.3 Å². The SMILES string of the molecule is Nc1cc(=O)[nH]c(SCC(=O)Nc2cc(=O)[nH]c(=O)n2C2CCCCC2)n1. The molecule has 0 unspecified atom stereocenters. The van der Waals surface area contributed by atoms with Gasteiger partial charge < -0.3 is 16.0 Å². The van der Waals surface area contributed by atoms with Crippen molar-refractivity contribution in [3.63, 3.8) is 0 Å². The van der Waals surface area contributed by atoms with Gasteiger partial charge >= 0.3 is 5.69 Å². The van der Waals surface area contributed by atoms with E-state index in [-0.39, 0.29) is 28.6 Å². The smallest absolute Gasteiger partial charge is 0.330 e. The van der Waals surface area contributed by atoms with E-state index in [1.807, 2.05) is 0 Å². The van der Waals surface area contributed by atoms with Gasteiger partial charge in [-0.3, -0.25) is 23.9 Å². The Morgan fingerprint density at radius 2 is 1.89 bits per heavy atom. The molecule has 1 aliphatic carbocycles. The summed E-state index contributed by atoms with van der Waals surface area (Å²) in [5, 5.41) is 2.83. The minimum atomic E-state index is -0.572. The minimum absolute atomic E-state index is 0.0574. The third kappa shape index (κ3) is 4.88. The first-order chi connectivity index (χ1) is 12.9. The number of nitrogen functional groups attached to an aromatic ring is 1. The van der Waals surface area contributed by atoms with Gasteiger partial charge in [0.1, 0.15) is 11.6 Å². The Kier molecular flexibility index (Phi) is 5.79. The lowest BCUT2D eigenvalue weighted by Crippen LogP contribution is -2.36. The molecule has 1 aliphatic rings. The molecular formula is C16H20N6O4S. The van der Waals surface area contributed by atoms with Crippen LogP contribution in [-0.4, -0.2) is 31.2 Å². The van der Waals surface area contributed by atoms with Crippen LogP contribution in [0.2, 0.25) is 0 Å². The quantitative estimate of drug-likeness (QED) is 0.425. The summed E-state index contributed by atoms with van der Waals surface area (Å²) in [7, 11) is 0. The topological polar surface area (TPSA) is 156 Å². The molecule has 2 aromatic heterocycles. The van der Waals surface area contributed by atoms with Crippen molar-refractivity contribution in [3.8, 4) is 0 Å². The maximum Gasteiger partial charge on any atom is 0.330 e. The van der Waals surface area contributed by atoms with Gasteiger partial charge in [-0.1, -0.05) is 31.0 Å². The number of aromatic nitrogens is 4. The van der Waals surface area contributed by atoms with E-state index in [0.717, 1.165) is 49.9 Å². The highest BCUT2D eigenvalue weighted by Gasteiger charge is 2.21. The van der Waals surface area contributed by atoms with Gasteiger partial charge in [0.05, 0.1) is 5.75 Å². The van der Waals surface area contributed by atoms with Crippen LogP contribution in [0.15, 0.2) is 31.7 Å². The summed E-state index contributed by atoms with van der Waals surface area (Å²) < 4.78 is 1.45. The van der Waals surface area contributed by atoms with Crippen molar-refractivity contribution in [1.82, 2.24) is 19.5 Å². The van der Waals surface area contributed by atoms with Gasteiger partial charge in [-0.15, -0.1) is 0 Å². The third-order valence-electron chi connectivity index (χ3n) is 4.26. The Labute approximate surface area is 157 Å². The summed E-state index contributed by atoms with van der Waals surface area (Å²) in [5.41, 5.74) is 3.99. The monoisotopic (exact) mass is 392 g/mol. The fourth-order valence-electron chi connectivity index (χ4n) is 3.14. The summed E-state index contributed by atoms with van der Waals surface area (Å²) >= 11 is 0.994. The second-order valence-electron chi connectivity index (χ2n) is 6.30. The Hall–Kier alpha value is -2.82. The van der Waals surface area contributed by atoms with Gasteiger partial charge in [-0.25, -0.2) is 9.78 Å². The Bertz CT molecular complexity index is 1000. The molecule has 11 heteroatoms. The zero-order valence-corrected chi connectivity index (χ0v) is 15.3. The molecule has 0 atom stereocenters. The fraction of sp³-hybridized carbons (Fsp3) is 0.438. The highest BCUT2D eigenvalue weighted by atomic mass is 32.2. The summed E-state index contributed by atoms with van der Waals surface area (Å²) in [4.78, 5) is 56.3. The standard InChI is InChI=1S/C16H20N6O4S/c17-10-6-12(23)20-15(18-10)27-8-14(25)19-11-7-13(24)21-16(26)22(11)9-4-2-1-3-5-9/h6-7,9H,1-5,8H2,(H,19,25)(H,21,24,26)(H3,17,18,20,23). The maximum absolute atomic E-state index is 12.3. The molecule has 0 bridgehead atoms. The molecule has 0 aliphatic heterocycles. The zero-order chi connectivity index (χ0) is 19.4. The Balaban J connectivity index is 1.76. The van der Waals surface area contributed by atoms with E-state index in [1.165, 1.54) is 10.6 Å². The number of hydrogen-bond donors (Lipinski definition) is 4. The number of carbonyl (C=O) groups is 1. The average molecular weight is 392 g/mol. The van der Waals surface area contributed by atoms with Gasteiger partial charge in [-0.2, -0.15) is 0 Å². The molecule has 144 valence electrons. The molecule has 27 heavy (non-hydrogen) atoms. The molecule has 1 amide bonds. The van der Waals surface area contributed by atoms with E-state index in [9.17, 15) is 19.2 Å². The number of anilines is 2.